The van der Waals surface area contributed by atoms with Crippen molar-refractivity contribution < 1.29 is 18.0 Å². The molecule has 1 heterocycles. The van der Waals surface area contributed by atoms with Gasteiger partial charge in [-0.1, -0.05) is 23.7 Å². The molecule has 1 N–H and O–H groups in total. The van der Waals surface area contributed by atoms with E-state index in [1.165, 1.54) is 0 Å². The minimum atomic E-state index is -3.67. The second-order valence-electron chi connectivity index (χ2n) is 8.27. The maximum absolute atomic E-state index is 13.0. The van der Waals surface area contributed by atoms with Crippen LogP contribution in [0.15, 0.2) is 47.4 Å². The molecule has 2 aromatic rings. The molecule has 2 amide bonds. The maximum Gasteiger partial charge on any atom is 0.230 e. The van der Waals surface area contributed by atoms with Crippen molar-refractivity contribution in [3.05, 3.63) is 58.6 Å². The highest BCUT2D eigenvalue weighted by atomic mass is 35.5. The first kappa shape index (κ1) is 21.8. The molecule has 6 nitrogen and oxygen atoms in total. The van der Waals surface area contributed by atoms with Crippen molar-refractivity contribution in [2.24, 2.45) is 5.92 Å². The van der Waals surface area contributed by atoms with E-state index in [4.69, 9.17) is 11.6 Å². The van der Waals surface area contributed by atoms with Crippen LogP contribution in [0.1, 0.15) is 37.3 Å². The van der Waals surface area contributed by atoms with Gasteiger partial charge in [0, 0.05) is 36.1 Å². The van der Waals surface area contributed by atoms with E-state index in [1.807, 2.05) is 12.1 Å². The number of carbonyl (C=O) groups is 2. The molecule has 8 heteroatoms. The van der Waals surface area contributed by atoms with Gasteiger partial charge in [-0.2, -0.15) is 0 Å². The summed E-state index contributed by atoms with van der Waals surface area (Å²) in [6.07, 6.45) is 2.40. The molecule has 1 aliphatic heterocycles. The predicted molar refractivity (Wildman–Crippen MR) is 120 cm³/mol. The van der Waals surface area contributed by atoms with Gasteiger partial charge in [0.1, 0.15) is 0 Å². The molecule has 1 saturated carbocycles. The van der Waals surface area contributed by atoms with Crippen LogP contribution in [0, 0.1) is 5.92 Å². The number of halogens is 1. The standard InChI is InChI=1S/C23H25ClN2O4S/c1-15(12-22(27)25-14-16-2-6-19(24)7-3-16)31(29,30)20-8-9-21-18(13-20)10-11-26(21)23(28)17-4-5-17/h2-3,6-9,13,15,17H,4-5,10-12,14H2,1H3,(H,25,27)/t15-/m0/s1. The van der Waals surface area contributed by atoms with Crippen LogP contribution in [0.25, 0.3) is 0 Å². The summed E-state index contributed by atoms with van der Waals surface area (Å²) in [6.45, 7) is 2.46. The first-order valence-corrected chi connectivity index (χ1v) is 12.4. The largest absolute Gasteiger partial charge is 0.352 e. The van der Waals surface area contributed by atoms with E-state index in [9.17, 15) is 18.0 Å². The van der Waals surface area contributed by atoms with E-state index in [2.05, 4.69) is 5.32 Å². The van der Waals surface area contributed by atoms with E-state index >= 15 is 0 Å². The highest BCUT2D eigenvalue weighted by Gasteiger charge is 2.37. The summed E-state index contributed by atoms with van der Waals surface area (Å²) in [6, 6.07) is 12.0. The van der Waals surface area contributed by atoms with E-state index < -0.39 is 15.1 Å². The Morgan fingerprint density at radius 1 is 1.16 bits per heavy atom. The molecule has 164 valence electrons. The Hall–Kier alpha value is -2.38. The summed E-state index contributed by atoms with van der Waals surface area (Å²) in [5.74, 6) is -0.0609. The highest BCUT2D eigenvalue weighted by Crippen LogP contribution is 2.37. The number of carbonyl (C=O) groups excluding carboxylic acids is 2. The average molecular weight is 461 g/mol. The van der Waals surface area contributed by atoms with Crippen molar-refractivity contribution in [2.75, 3.05) is 11.4 Å². The number of sulfone groups is 1. The zero-order valence-electron chi connectivity index (χ0n) is 17.3. The molecule has 2 aliphatic rings. The van der Waals surface area contributed by atoms with Gasteiger partial charge in [-0.25, -0.2) is 8.42 Å². The summed E-state index contributed by atoms with van der Waals surface area (Å²) >= 11 is 5.85. The maximum atomic E-state index is 13.0. The van der Waals surface area contributed by atoms with Crippen LogP contribution < -0.4 is 10.2 Å². The SMILES string of the molecule is C[C@@H](CC(=O)NCc1ccc(Cl)cc1)S(=O)(=O)c1ccc2c(c1)CCN2C(=O)C1CC1. The van der Waals surface area contributed by atoms with Gasteiger partial charge in [-0.3, -0.25) is 9.59 Å². The number of anilines is 1. The Morgan fingerprint density at radius 3 is 2.55 bits per heavy atom. The van der Waals surface area contributed by atoms with Crippen molar-refractivity contribution >= 4 is 38.9 Å². The number of fused-ring (bicyclic) bond motifs is 1. The van der Waals surface area contributed by atoms with Gasteiger partial charge in [-0.05, 0) is 67.6 Å². The van der Waals surface area contributed by atoms with Crippen LogP contribution in [0.3, 0.4) is 0 Å². The second-order valence-corrected chi connectivity index (χ2v) is 11.1. The van der Waals surface area contributed by atoms with E-state index in [0.717, 1.165) is 29.7 Å². The first-order chi connectivity index (χ1) is 14.8. The van der Waals surface area contributed by atoms with Crippen LogP contribution in [0.2, 0.25) is 5.02 Å². The fourth-order valence-corrected chi connectivity index (χ4v) is 5.34. The van der Waals surface area contributed by atoms with Gasteiger partial charge in [0.2, 0.25) is 11.8 Å². The molecule has 4 rings (SSSR count). The fraction of sp³-hybridized carbons (Fsp3) is 0.391. The molecule has 31 heavy (non-hydrogen) atoms. The van der Waals surface area contributed by atoms with Gasteiger partial charge in [0.05, 0.1) is 10.1 Å². The Balaban J connectivity index is 1.40. The Morgan fingerprint density at radius 2 is 1.87 bits per heavy atom. The van der Waals surface area contributed by atoms with Gasteiger partial charge in [-0.15, -0.1) is 0 Å². The van der Waals surface area contributed by atoms with Crippen LogP contribution >= 0.6 is 11.6 Å². The summed E-state index contributed by atoms with van der Waals surface area (Å²) in [7, 11) is -3.67. The van der Waals surface area contributed by atoms with Crippen molar-refractivity contribution in [2.45, 2.75) is 49.3 Å². The lowest BCUT2D eigenvalue weighted by molar-refractivity contribution is -0.121. The Kier molecular flexibility index (Phi) is 6.08. The lowest BCUT2D eigenvalue weighted by Gasteiger charge is -2.18. The van der Waals surface area contributed by atoms with Gasteiger partial charge in [0.15, 0.2) is 9.84 Å². The fourth-order valence-electron chi connectivity index (χ4n) is 3.81. The Labute approximate surface area is 187 Å². The number of hydrogen-bond acceptors (Lipinski definition) is 4. The number of nitrogens with one attached hydrogen (secondary N) is 1. The number of hydrogen-bond donors (Lipinski definition) is 1. The van der Waals surface area contributed by atoms with Crippen LogP contribution in [0.5, 0.6) is 0 Å². The molecular formula is C23H25ClN2O4S. The second kappa shape index (κ2) is 8.63. The average Bonchev–Trinajstić information content (AvgIpc) is 3.51. The molecule has 0 unspecified atom stereocenters. The Bertz CT molecular complexity index is 1110. The lowest BCUT2D eigenvalue weighted by Crippen LogP contribution is -2.30. The van der Waals surface area contributed by atoms with Crippen LogP contribution in [-0.4, -0.2) is 32.0 Å². The van der Waals surface area contributed by atoms with E-state index in [0.29, 0.717) is 24.5 Å². The van der Waals surface area contributed by atoms with E-state index in [-0.39, 0.29) is 29.0 Å². The quantitative estimate of drug-likeness (QED) is 0.685. The summed E-state index contributed by atoms with van der Waals surface area (Å²) in [5.41, 5.74) is 2.57. The van der Waals surface area contributed by atoms with Crippen molar-refractivity contribution in [1.29, 1.82) is 0 Å². The molecule has 0 aromatic heterocycles. The van der Waals surface area contributed by atoms with Crippen molar-refractivity contribution in [1.82, 2.24) is 5.32 Å². The zero-order valence-corrected chi connectivity index (χ0v) is 18.9. The molecule has 1 atom stereocenters. The molecule has 0 radical (unpaired) electrons. The topological polar surface area (TPSA) is 83.6 Å². The third kappa shape index (κ3) is 4.77. The van der Waals surface area contributed by atoms with Gasteiger partial charge >= 0.3 is 0 Å². The summed E-state index contributed by atoms with van der Waals surface area (Å²) in [4.78, 5) is 26.7. The summed E-state index contributed by atoms with van der Waals surface area (Å²) in [5, 5.41) is 2.51. The third-order valence-electron chi connectivity index (χ3n) is 5.87. The van der Waals surface area contributed by atoms with Crippen molar-refractivity contribution in [3.63, 3.8) is 0 Å². The first-order valence-electron chi connectivity index (χ1n) is 10.4. The molecular weight excluding hydrogens is 436 g/mol. The lowest BCUT2D eigenvalue weighted by atomic mass is 10.2. The normalized spacial score (nSPS) is 16.6. The number of nitrogens with zero attached hydrogens (tertiary/aromatic N) is 1. The van der Waals surface area contributed by atoms with Crippen LogP contribution in [-0.2, 0) is 32.4 Å². The third-order valence-corrected chi connectivity index (χ3v) is 8.26. The zero-order chi connectivity index (χ0) is 22.2. The summed E-state index contributed by atoms with van der Waals surface area (Å²) < 4.78 is 26.1. The van der Waals surface area contributed by atoms with E-state index in [1.54, 1.807) is 42.2 Å². The molecule has 2 aromatic carbocycles. The molecule has 0 bridgehead atoms. The predicted octanol–water partition coefficient (Wildman–Crippen LogP) is 3.51. The number of benzene rings is 2. The molecule has 1 aliphatic carbocycles. The van der Waals surface area contributed by atoms with Crippen LogP contribution in [0.4, 0.5) is 5.69 Å². The minimum absolute atomic E-state index is 0.126. The van der Waals surface area contributed by atoms with Gasteiger partial charge < -0.3 is 10.2 Å². The van der Waals surface area contributed by atoms with Crippen molar-refractivity contribution in [3.8, 4) is 0 Å². The molecule has 1 fully saturated rings. The minimum Gasteiger partial charge on any atom is -0.352 e. The monoisotopic (exact) mass is 460 g/mol. The molecule has 0 saturated heterocycles. The smallest absolute Gasteiger partial charge is 0.230 e. The molecule has 0 spiro atoms. The number of amides is 2. The number of rotatable bonds is 7. The highest BCUT2D eigenvalue weighted by molar-refractivity contribution is 7.92. The van der Waals surface area contributed by atoms with Gasteiger partial charge in [0.25, 0.3) is 0 Å².